The molecule has 0 saturated heterocycles. The number of aromatic nitrogens is 2. The van der Waals surface area contributed by atoms with E-state index in [1.54, 1.807) is 19.3 Å². The van der Waals surface area contributed by atoms with Crippen LogP contribution < -0.4 is 10.5 Å². The van der Waals surface area contributed by atoms with Gasteiger partial charge in [-0.3, -0.25) is 4.79 Å². The molecule has 0 spiro atoms. The average Bonchev–Trinajstić information content (AvgIpc) is 2.98. The minimum atomic E-state index is -0.312. The highest BCUT2D eigenvalue weighted by Crippen LogP contribution is 2.24. The van der Waals surface area contributed by atoms with Crippen LogP contribution in [0.25, 0.3) is 6.08 Å². The first kappa shape index (κ1) is 31.3. The minimum Gasteiger partial charge on any atom is -0.493 e. The Labute approximate surface area is 243 Å². The number of nitrogens with two attached hydrogens (primary N) is 1. The van der Waals surface area contributed by atoms with E-state index in [4.69, 9.17) is 19.9 Å². The highest BCUT2D eigenvalue weighted by Gasteiger charge is 2.11. The van der Waals surface area contributed by atoms with E-state index in [2.05, 4.69) is 22.1 Å². The maximum Gasteiger partial charge on any atom is 0.338 e. The summed E-state index contributed by atoms with van der Waals surface area (Å²) in [6.45, 7) is 4.94. The van der Waals surface area contributed by atoms with Crippen molar-refractivity contribution in [3.8, 4) is 5.75 Å². The number of hydrogen-bond acceptors (Lipinski definition) is 8. The number of hydrogen-bond donors (Lipinski definition) is 1. The summed E-state index contributed by atoms with van der Waals surface area (Å²) in [5.74, 6) is 0.884. The first-order valence-electron chi connectivity index (χ1n) is 14.4. The number of carbonyl (C=O) groups is 2. The number of allylic oxidation sites excluding steroid dienone is 1. The third-order valence-electron chi connectivity index (χ3n) is 6.53. The number of nitrogen functional groups attached to an aromatic ring is 1. The molecule has 8 heteroatoms. The van der Waals surface area contributed by atoms with E-state index in [0.29, 0.717) is 31.8 Å². The maximum atomic E-state index is 12.0. The van der Waals surface area contributed by atoms with Crippen LogP contribution in [0, 0.1) is 5.92 Å². The lowest BCUT2D eigenvalue weighted by Crippen LogP contribution is -2.07. The van der Waals surface area contributed by atoms with Crippen molar-refractivity contribution in [1.29, 1.82) is 0 Å². The predicted molar refractivity (Wildman–Crippen MR) is 160 cm³/mol. The Kier molecular flexibility index (Phi) is 13.4. The lowest BCUT2D eigenvalue weighted by Gasteiger charge is -2.14. The summed E-state index contributed by atoms with van der Waals surface area (Å²) in [7, 11) is 0. The Morgan fingerprint density at radius 3 is 2.37 bits per heavy atom. The normalized spacial score (nSPS) is 11.8. The zero-order valence-electron chi connectivity index (χ0n) is 24.1. The number of esters is 2. The van der Waals surface area contributed by atoms with Crippen molar-refractivity contribution in [2.45, 2.75) is 58.8 Å². The van der Waals surface area contributed by atoms with Crippen molar-refractivity contribution in [1.82, 2.24) is 9.97 Å². The molecule has 1 atom stereocenters. The van der Waals surface area contributed by atoms with E-state index in [1.165, 1.54) is 0 Å². The largest absolute Gasteiger partial charge is 0.493 e. The van der Waals surface area contributed by atoms with E-state index in [0.717, 1.165) is 61.0 Å². The number of aryl methyl sites for hydroxylation is 1. The third-order valence-corrected chi connectivity index (χ3v) is 6.53. The second kappa shape index (κ2) is 17.5. The van der Waals surface area contributed by atoms with Crippen molar-refractivity contribution >= 4 is 24.0 Å². The molecule has 8 nitrogen and oxygen atoms in total. The monoisotopic (exact) mass is 559 g/mol. The highest BCUT2D eigenvalue weighted by atomic mass is 16.5. The van der Waals surface area contributed by atoms with Crippen LogP contribution >= 0.6 is 0 Å². The third kappa shape index (κ3) is 11.4. The van der Waals surface area contributed by atoms with Crippen molar-refractivity contribution in [2.75, 3.05) is 25.6 Å². The SMILES string of the molecule is CCOC(=O)CCCCC(C=Cc1ccccc1OCCCc1cnc(N)nc1)Cc1ccc(C(=O)OCC)cc1. The molecule has 0 bridgehead atoms. The van der Waals surface area contributed by atoms with E-state index < -0.39 is 0 Å². The van der Waals surface area contributed by atoms with Gasteiger partial charge in [-0.1, -0.05) is 48.9 Å². The molecule has 3 rings (SSSR count). The second-order valence-corrected chi connectivity index (χ2v) is 9.73. The number of anilines is 1. The maximum absolute atomic E-state index is 12.0. The number of carbonyl (C=O) groups excluding carboxylic acids is 2. The van der Waals surface area contributed by atoms with Crippen LogP contribution in [0.1, 0.15) is 73.0 Å². The summed E-state index contributed by atoms with van der Waals surface area (Å²) in [5, 5.41) is 0. The summed E-state index contributed by atoms with van der Waals surface area (Å²) < 4.78 is 16.3. The number of para-hydroxylation sites is 1. The summed E-state index contributed by atoms with van der Waals surface area (Å²) in [6, 6.07) is 15.6. The van der Waals surface area contributed by atoms with Gasteiger partial charge in [-0.2, -0.15) is 0 Å². The zero-order chi connectivity index (χ0) is 29.3. The number of rotatable bonds is 17. The number of ether oxygens (including phenoxy) is 3. The Hall–Kier alpha value is -4.20. The van der Waals surface area contributed by atoms with Crippen LogP contribution in [0.2, 0.25) is 0 Å². The Balaban J connectivity index is 1.63. The van der Waals surface area contributed by atoms with Gasteiger partial charge in [-0.15, -0.1) is 0 Å². The molecule has 2 N–H and O–H groups in total. The lowest BCUT2D eigenvalue weighted by atomic mass is 9.92. The van der Waals surface area contributed by atoms with Gasteiger partial charge in [0.25, 0.3) is 0 Å². The molecule has 0 radical (unpaired) electrons. The fourth-order valence-corrected chi connectivity index (χ4v) is 4.41. The Morgan fingerprint density at radius 1 is 0.902 bits per heavy atom. The fourth-order valence-electron chi connectivity index (χ4n) is 4.41. The number of nitrogens with zero attached hydrogens (tertiary/aromatic N) is 2. The standard InChI is InChI=1S/C33H41N3O5/c1-3-39-31(37)14-8-5-10-25(22-26-16-19-29(20-17-26)32(38)40-4-2)15-18-28-12-6-7-13-30(28)41-21-9-11-27-23-35-33(34)36-24-27/h6-7,12-13,15-20,23-25H,3-5,8-11,14,21-22H2,1-2H3,(H2,34,35,36). The Morgan fingerprint density at radius 2 is 1.63 bits per heavy atom. The van der Waals surface area contributed by atoms with Gasteiger partial charge in [0, 0.05) is 24.4 Å². The molecule has 41 heavy (non-hydrogen) atoms. The molecule has 218 valence electrons. The minimum absolute atomic E-state index is 0.149. The molecular formula is C33H41N3O5. The van der Waals surface area contributed by atoms with E-state index >= 15 is 0 Å². The quantitative estimate of drug-likeness (QED) is 0.153. The van der Waals surface area contributed by atoms with Crippen molar-refractivity contribution in [3.63, 3.8) is 0 Å². The number of unbranched alkanes of at least 4 members (excludes halogenated alkanes) is 1. The van der Waals surface area contributed by atoms with Gasteiger partial charge in [0.05, 0.1) is 25.4 Å². The van der Waals surface area contributed by atoms with Crippen LogP contribution in [0.4, 0.5) is 5.95 Å². The van der Waals surface area contributed by atoms with Gasteiger partial charge in [0.15, 0.2) is 0 Å². The number of benzene rings is 2. The van der Waals surface area contributed by atoms with Gasteiger partial charge >= 0.3 is 11.9 Å². The van der Waals surface area contributed by atoms with Crippen LogP contribution in [0.3, 0.4) is 0 Å². The molecule has 0 aliphatic carbocycles. The highest BCUT2D eigenvalue weighted by molar-refractivity contribution is 5.89. The molecule has 1 heterocycles. The smallest absolute Gasteiger partial charge is 0.338 e. The second-order valence-electron chi connectivity index (χ2n) is 9.73. The first-order valence-corrected chi connectivity index (χ1v) is 14.4. The molecule has 0 aliphatic rings. The van der Waals surface area contributed by atoms with Gasteiger partial charge < -0.3 is 19.9 Å². The van der Waals surface area contributed by atoms with Crippen molar-refractivity contribution in [3.05, 3.63) is 89.3 Å². The van der Waals surface area contributed by atoms with E-state index in [9.17, 15) is 9.59 Å². The first-order chi connectivity index (χ1) is 20.0. The molecule has 2 aromatic carbocycles. The topological polar surface area (TPSA) is 114 Å². The van der Waals surface area contributed by atoms with E-state index in [1.807, 2.05) is 55.5 Å². The Bertz CT molecular complexity index is 1240. The zero-order valence-corrected chi connectivity index (χ0v) is 24.1. The van der Waals surface area contributed by atoms with Gasteiger partial charge in [-0.25, -0.2) is 14.8 Å². The molecule has 1 aromatic heterocycles. The van der Waals surface area contributed by atoms with Gasteiger partial charge in [0.2, 0.25) is 5.95 Å². The molecule has 0 fully saturated rings. The van der Waals surface area contributed by atoms with Crippen LogP contribution in [0.5, 0.6) is 5.75 Å². The fraction of sp³-hybridized carbons (Fsp3) is 0.394. The molecular weight excluding hydrogens is 518 g/mol. The summed E-state index contributed by atoms with van der Waals surface area (Å²) in [5.41, 5.74) is 9.28. The van der Waals surface area contributed by atoms with Gasteiger partial charge in [-0.05, 0) is 81.2 Å². The molecule has 3 aromatic rings. The predicted octanol–water partition coefficient (Wildman–Crippen LogP) is 6.24. The van der Waals surface area contributed by atoms with Crippen molar-refractivity contribution < 1.29 is 23.8 Å². The molecule has 0 aliphatic heterocycles. The van der Waals surface area contributed by atoms with Crippen LogP contribution in [-0.4, -0.2) is 41.7 Å². The van der Waals surface area contributed by atoms with Crippen LogP contribution in [-0.2, 0) is 27.1 Å². The van der Waals surface area contributed by atoms with Gasteiger partial charge in [0.1, 0.15) is 5.75 Å². The summed E-state index contributed by atoms with van der Waals surface area (Å²) >= 11 is 0. The van der Waals surface area contributed by atoms with Crippen molar-refractivity contribution in [2.24, 2.45) is 5.92 Å². The van der Waals surface area contributed by atoms with E-state index in [-0.39, 0.29) is 23.8 Å². The molecule has 1 unspecified atom stereocenters. The summed E-state index contributed by atoms with van der Waals surface area (Å²) in [4.78, 5) is 31.9. The van der Waals surface area contributed by atoms with Crippen LogP contribution in [0.15, 0.2) is 67.0 Å². The molecule has 0 amide bonds. The average molecular weight is 560 g/mol. The molecule has 0 saturated carbocycles. The summed E-state index contributed by atoms with van der Waals surface area (Å²) in [6.07, 6.45) is 13.3. The lowest BCUT2D eigenvalue weighted by molar-refractivity contribution is -0.143.